The van der Waals surface area contributed by atoms with Crippen molar-refractivity contribution in [2.75, 3.05) is 0 Å². The highest BCUT2D eigenvalue weighted by atomic mass is 16.4. The van der Waals surface area contributed by atoms with Gasteiger partial charge in [-0.05, 0) is 12.0 Å². The van der Waals surface area contributed by atoms with Crippen LogP contribution >= 0.6 is 0 Å². The average Bonchev–Trinajstić information content (AvgIpc) is 2.18. The maximum absolute atomic E-state index is 10.2. The molecule has 1 rings (SSSR count). The number of hydrogen-bond donors (Lipinski definition) is 1. The van der Waals surface area contributed by atoms with E-state index in [1.54, 1.807) is 0 Å². The summed E-state index contributed by atoms with van der Waals surface area (Å²) < 4.78 is 0. The van der Waals surface area contributed by atoms with Crippen LogP contribution in [0.15, 0.2) is 30.3 Å². The SMILES string of the molecule is CCC.O=C(O)CCc1ccccc1. The summed E-state index contributed by atoms with van der Waals surface area (Å²) in [7, 11) is 0. The average molecular weight is 194 g/mol. The van der Waals surface area contributed by atoms with Crippen molar-refractivity contribution in [1.82, 2.24) is 0 Å². The molecule has 14 heavy (non-hydrogen) atoms. The van der Waals surface area contributed by atoms with Gasteiger partial charge in [0.1, 0.15) is 0 Å². The first-order valence-corrected chi connectivity index (χ1v) is 4.96. The molecule has 0 aliphatic rings. The Kier molecular flexibility index (Phi) is 7.52. The van der Waals surface area contributed by atoms with Crippen LogP contribution in [0, 0.1) is 0 Å². The highest BCUT2D eigenvalue weighted by molar-refractivity contribution is 5.67. The van der Waals surface area contributed by atoms with E-state index in [0.717, 1.165) is 5.56 Å². The molecule has 0 amide bonds. The van der Waals surface area contributed by atoms with Gasteiger partial charge >= 0.3 is 5.97 Å². The Balaban J connectivity index is 0.000000500. The Bertz CT molecular complexity index is 242. The third-order valence-corrected chi connectivity index (χ3v) is 1.47. The predicted octanol–water partition coefficient (Wildman–Crippen LogP) is 3.12. The van der Waals surface area contributed by atoms with Crippen LogP contribution in [0.25, 0.3) is 0 Å². The van der Waals surface area contributed by atoms with E-state index in [1.807, 2.05) is 30.3 Å². The molecule has 78 valence electrons. The third-order valence-electron chi connectivity index (χ3n) is 1.47. The number of benzene rings is 1. The van der Waals surface area contributed by atoms with Crippen LogP contribution in [0.4, 0.5) is 0 Å². The van der Waals surface area contributed by atoms with Gasteiger partial charge in [-0.2, -0.15) is 0 Å². The van der Waals surface area contributed by atoms with Gasteiger partial charge in [0.15, 0.2) is 0 Å². The summed E-state index contributed by atoms with van der Waals surface area (Å²) >= 11 is 0. The maximum atomic E-state index is 10.2. The van der Waals surface area contributed by atoms with E-state index >= 15 is 0 Å². The van der Waals surface area contributed by atoms with Crippen LogP contribution < -0.4 is 0 Å². The molecule has 0 aliphatic heterocycles. The number of carboxylic acid groups (broad SMARTS) is 1. The Morgan fingerprint density at radius 3 is 2.14 bits per heavy atom. The molecule has 2 heteroatoms. The van der Waals surface area contributed by atoms with Crippen molar-refractivity contribution in [1.29, 1.82) is 0 Å². The van der Waals surface area contributed by atoms with Crippen LogP contribution in [0.3, 0.4) is 0 Å². The lowest BCUT2D eigenvalue weighted by Crippen LogP contribution is -1.96. The summed E-state index contributed by atoms with van der Waals surface area (Å²) in [5, 5.41) is 8.37. The van der Waals surface area contributed by atoms with Crippen molar-refractivity contribution < 1.29 is 9.90 Å². The van der Waals surface area contributed by atoms with Crippen molar-refractivity contribution >= 4 is 5.97 Å². The van der Waals surface area contributed by atoms with Crippen molar-refractivity contribution in [2.45, 2.75) is 33.1 Å². The van der Waals surface area contributed by atoms with E-state index in [1.165, 1.54) is 6.42 Å². The highest BCUT2D eigenvalue weighted by Crippen LogP contribution is 2.01. The van der Waals surface area contributed by atoms with Crippen molar-refractivity contribution in [3.05, 3.63) is 35.9 Å². The molecule has 1 aromatic rings. The standard InChI is InChI=1S/C9H10O2.C3H8/c10-9(11)7-6-8-4-2-1-3-5-8;1-3-2/h1-5H,6-7H2,(H,10,11);3H2,1-2H3. The smallest absolute Gasteiger partial charge is 0.303 e. The summed E-state index contributed by atoms with van der Waals surface area (Å²) in [5.41, 5.74) is 1.08. The zero-order valence-corrected chi connectivity index (χ0v) is 8.86. The first-order chi connectivity index (χ1) is 6.70. The van der Waals surface area contributed by atoms with Crippen molar-refractivity contribution in [3.63, 3.8) is 0 Å². The van der Waals surface area contributed by atoms with Gasteiger partial charge in [-0.3, -0.25) is 4.79 Å². The lowest BCUT2D eigenvalue weighted by molar-refractivity contribution is -0.136. The van der Waals surface area contributed by atoms with Gasteiger partial charge in [0, 0.05) is 6.42 Å². The number of aryl methyl sites for hydroxylation is 1. The zero-order valence-electron chi connectivity index (χ0n) is 8.86. The molecule has 0 aromatic heterocycles. The lowest BCUT2D eigenvalue weighted by Gasteiger charge is -1.95. The van der Waals surface area contributed by atoms with Crippen molar-refractivity contribution in [3.8, 4) is 0 Å². The fourth-order valence-corrected chi connectivity index (χ4v) is 0.896. The van der Waals surface area contributed by atoms with E-state index in [-0.39, 0.29) is 6.42 Å². The third kappa shape index (κ3) is 7.35. The van der Waals surface area contributed by atoms with E-state index in [9.17, 15) is 4.79 Å². The summed E-state index contributed by atoms with van der Waals surface area (Å²) in [4.78, 5) is 10.2. The second-order valence-corrected chi connectivity index (χ2v) is 3.09. The van der Waals surface area contributed by atoms with Gasteiger partial charge < -0.3 is 5.11 Å². The molecular weight excluding hydrogens is 176 g/mol. The minimum atomic E-state index is -0.742. The van der Waals surface area contributed by atoms with E-state index in [2.05, 4.69) is 13.8 Å². The molecule has 0 unspecified atom stereocenters. The van der Waals surface area contributed by atoms with Gasteiger partial charge in [0.2, 0.25) is 0 Å². The van der Waals surface area contributed by atoms with Gasteiger partial charge in [-0.1, -0.05) is 50.6 Å². The molecule has 2 nitrogen and oxygen atoms in total. The predicted molar refractivity (Wildman–Crippen MR) is 58.4 cm³/mol. The fourth-order valence-electron chi connectivity index (χ4n) is 0.896. The summed E-state index contributed by atoms with van der Waals surface area (Å²) in [5.74, 6) is -0.742. The Hall–Kier alpha value is -1.31. The molecule has 0 atom stereocenters. The van der Waals surface area contributed by atoms with Gasteiger partial charge in [0.05, 0.1) is 0 Å². The second kappa shape index (κ2) is 8.30. The van der Waals surface area contributed by atoms with Crippen LogP contribution in [0.5, 0.6) is 0 Å². The monoisotopic (exact) mass is 194 g/mol. The molecule has 0 aliphatic carbocycles. The maximum Gasteiger partial charge on any atom is 0.303 e. The molecule has 0 radical (unpaired) electrons. The fraction of sp³-hybridized carbons (Fsp3) is 0.417. The minimum Gasteiger partial charge on any atom is -0.481 e. The van der Waals surface area contributed by atoms with Crippen LogP contribution in [-0.4, -0.2) is 11.1 Å². The molecule has 1 aromatic carbocycles. The number of carboxylic acids is 1. The zero-order chi connectivity index (χ0) is 10.8. The number of carbonyl (C=O) groups is 1. The minimum absolute atomic E-state index is 0.212. The molecule has 0 bridgehead atoms. The molecule has 0 fully saturated rings. The first kappa shape index (κ1) is 12.7. The highest BCUT2D eigenvalue weighted by Gasteiger charge is 1.96. The molecule has 0 heterocycles. The number of rotatable bonds is 3. The van der Waals surface area contributed by atoms with Crippen molar-refractivity contribution in [2.24, 2.45) is 0 Å². The van der Waals surface area contributed by atoms with Crippen LogP contribution in [0.1, 0.15) is 32.3 Å². The molecule has 0 saturated heterocycles. The normalized spacial score (nSPS) is 8.71. The first-order valence-electron chi connectivity index (χ1n) is 4.96. The van der Waals surface area contributed by atoms with E-state index < -0.39 is 5.97 Å². The van der Waals surface area contributed by atoms with Gasteiger partial charge in [0.25, 0.3) is 0 Å². The topological polar surface area (TPSA) is 37.3 Å². The second-order valence-electron chi connectivity index (χ2n) is 3.09. The number of hydrogen-bond acceptors (Lipinski definition) is 1. The largest absolute Gasteiger partial charge is 0.481 e. The van der Waals surface area contributed by atoms with Crippen LogP contribution in [-0.2, 0) is 11.2 Å². The molecule has 1 N–H and O–H groups in total. The Morgan fingerprint density at radius 2 is 1.71 bits per heavy atom. The Morgan fingerprint density at radius 1 is 1.21 bits per heavy atom. The molecule has 0 spiro atoms. The Labute approximate surface area is 85.6 Å². The lowest BCUT2D eigenvalue weighted by atomic mass is 10.1. The quantitative estimate of drug-likeness (QED) is 0.802. The molecular formula is C12H18O2. The molecule has 0 saturated carbocycles. The summed E-state index contributed by atoms with van der Waals surface area (Å²) in [6.45, 7) is 4.25. The number of aliphatic carboxylic acids is 1. The van der Waals surface area contributed by atoms with Crippen LogP contribution in [0.2, 0.25) is 0 Å². The summed E-state index contributed by atoms with van der Waals surface area (Å²) in [6, 6.07) is 9.62. The van der Waals surface area contributed by atoms with Gasteiger partial charge in [-0.15, -0.1) is 0 Å². The van der Waals surface area contributed by atoms with Gasteiger partial charge in [-0.25, -0.2) is 0 Å². The van der Waals surface area contributed by atoms with E-state index in [0.29, 0.717) is 6.42 Å². The summed E-state index contributed by atoms with van der Waals surface area (Å²) in [6.07, 6.45) is 2.08. The van der Waals surface area contributed by atoms with E-state index in [4.69, 9.17) is 5.11 Å².